The molecule has 0 aliphatic heterocycles. The molecule has 4 heteroatoms. The van der Waals surface area contributed by atoms with E-state index in [1.165, 1.54) is 0 Å². The van der Waals surface area contributed by atoms with Gasteiger partial charge in [-0.2, -0.15) is 0 Å². The fourth-order valence-corrected chi connectivity index (χ4v) is 1.95. The molecule has 2 heterocycles. The maximum absolute atomic E-state index is 11.8. The second kappa shape index (κ2) is 5.32. The number of rotatable bonds is 3. The van der Waals surface area contributed by atoms with E-state index in [0.717, 1.165) is 5.69 Å². The van der Waals surface area contributed by atoms with Crippen LogP contribution in [-0.4, -0.2) is 14.2 Å². The number of nitrogens with zero attached hydrogens (tertiary/aromatic N) is 2. The predicted molar refractivity (Wildman–Crippen MR) is 63.9 cm³/mol. The Bertz CT molecular complexity index is 497. The molecule has 2 aromatic heterocycles. The highest BCUT2D eigenvalue weighted by molar-refractivity contribution is 7.88. The standard InChI is InChI=1S/C12H10N2OS/c15-16(12-5-3-7-13-10-12)9-6-11-4-1-2-8-14-11/h1-10H/b9-6-. The molecule has 0 aromatic carbocycles. The molecule has 0 amide bonds. The normalized spacial score (nSPS) is 12.8. The molecule has 0 fully saturated rings. The lowest BCUT2D eigenvalue weighted by molar-refractivity contribution is 0.688. The first-order chi connectivity index (χ1) is 7.86. The number of aromatic nitrogens is 2. The van der Waals surface area contributed by atoms with Crippen LogP contribution in [0, 0.1) is 0 Å². The van der Waals surface area contributed by atoms with E-state index in [1.54, 1.807) is 42.2 Å². The summed E-state index contributed by atoms with van der Waals surface area (Å²) in [6.07, 6.45) is 6.69. The average Bonchev–Trinajstić information content (AvgIpc) is 2.38. The van der Waals surface area contributed by atoms with Crippen LogP contribution in [0.15, 0.2) is 59.2 Å². The zero-order valence-electron chi connectivity index (χ0n) is 8.48. The summed E-state index contributed by atoms with van der Waals surface area (Å²) in [5, 5.41) is 1.61. The van der Waals surface area contributed by atoms with Crippen molar-refractivity contribution in [2.75, 3.05) is 0 Å². The largest absolute Gasteiger partial charge is 0.263 e. The molecule has 0 saturated heterocycles. The lowest BCUT2D eigenvalue weighted by Gasteiger charge is -1.94. The molecule has 0 saturated carbocycles. The molecule has 0 bridgehead atoms. The first-order valence-corrected chi connectivity index (χ1v) is 5.97. The smallest absolute Gasteiger partial charge is 0.0792 e. The Labute approximate surface area is 96.3 Å². The van der Waals surface area contributed by atoms with Gasteiger partial charge in [-0.3, -0.25) is 9.97 Å². The topological polar surface area (TPSA) is 42.9 Å². The third-order valence-corrected chi connectivity index (χ3v) is 3.01. The van der Waals surface area contributed by atoms with E-state index in [-0.39, 0.29) is 0 Å². The quantitative estimate of drug-likeness (QED) is 0.812. The molecule has 1 unspecified atom stereocenters. The minimum atomic E-state index is -1.17. The second-order valence-electron chi connectivity index (χ2n) is 3.04. The maximum Gasteiger partial charge on any atom is 0.0792 e. The molecule has 0 aliphatic carbocycles. The van der Waals surface area contributed by atoms with Crippen LogP contribution in [0.3, 0.4) is 0 Å². The second-order valence-corrected chi connectivity index (χ2v) is 4.38. The maximum atomic E-state index is 11.8. The minimum absolute atomic E-state index is 0.690. The summed E-state index contributed by atoms with van der Waals surface area (Å²) < 4.78 is 11.8. The van der Waals surface area contributed by atoms with Gasteiger partial charge in [0.1, 0.15) is 0 Å². The van der Waals surface area contributed by atoms with E-state index in [2.05, 4.69) is 9.97 Å². The Morgan fingerprint density at radius 3 is 2.75 bits per heavy atom. The lowest BCUT2D eigenvalue weighted by atomic mass is 10.3. The van der Waals surface area contributed by atoms with Crippen molar-refractivity contribution in [1.29, 1.82) is 0 Å². The van der Waals surface area contributed by atoms with Gasteiger partial charge in [0, 0.05) is 24.0 Å². The van der Waals surface area contributed by atoms with Gasteiger partial charge in [0.05, 0.1) is 21.4 Å². The first kappa shape index (κ1) is 10.7. The Morgan fingerprint density at radius 2 is 2.06 bits per heavy atom. The van der Waals surface area contributed by atoms with Crippen molar-refractivity contribution < 1.29 is 4.21 Å². The molecule has 0 radical (unpaired) electrons. The van der Waals surface area contributed by atoms with Gasteiger partial charge in [0.2, 0.25) is 0 Å². The molecule has 80 valence electrons. The molecule has 0 spiro atoms. The fourth-order valence-electron chi connectivity index (χ4n) is 1.15. The van der Waals surface area contributed by atoms with Gasteiger partial charge in [-0.25, -0.2) is 4.21 Å². The predicted octanol–water partition coefficient (Wildman–Crippen LogP) is 2.26. The van der Waals surface area contributed by atoms with E-state index in [1.807, 2.05) is 18.2 Å². The van der Waals surface area contributed by atoms with Crippen molar-refractivity contribution in [2.24, 2.45) is 0 Å². The van der Waals surface area contributed by atoms with Gasteiger partial charge in [-0.15, -0.1) is 0 Å². The van der Waals surface area contributed by atoms with Crippen LogP contribution < -0.4 is 0 Å². The Morgan fingerprint density at radius 1 is 1.12 bits per heavy atom. The molecule has 0 N–H and O–H groups in total. The summed E-state index contributed by atoms with van der Waals surface area (Å²) in [4.78, 5) is 8.72. The highest BCUT2D eigenvalue weighted by Gasteiger charge is 1.97. The Kier molecular flexibility index (Phi) is 3.56. The van der Waals surface area contributed by atoms with Crippen LogP contribution in [0.25, 0.3) is 6.08 Å². The number of hydrogen-bond acceptors (Lipinski definition) is 3. The van der Waals surface area contributed by atoms with Gasteiger partial charge < -0.3 is 0 Å². The Hall–Kier alpha value is -1.81. The monoisotopic (exact) mass is 230 g/mol. The van der Waals surface area contributed by atoms with E-state index < -0.39 is 10.8 Å². The van der Waals surface area contributed by atoms with E-state index in [9.17, 15) is 4.21 Å². The lowest BCUT2D eigenvalue weighted by Crippen LogP contribution is -1.87. The van der Waals surface area contributed by atoms with Gasteiger partial charge in [-0.05, 0) is 30.3 Å². The van der Waals surface area contributed by atoms with Gasteiger partial charge >= 0.3 is 0 Å². The summed E-state index contributed by atoms with van der Waals surface area (Å²) in [6.45, 7) is 0. The van der Waals surface area contributed by atoms with Crippen LogP contribution in [0.4, 0.5) is 0 Å². The van der Waals surface area contributed by atoms with Gasteiger partial charge in [0.15, 0.2) is 0 Å². The zero-order chi connectivity index (χ0) is 11.2. The first-order valence-electron chi connectivity index (χ1n) is 4.76. The molecule has 16 heavy (non-hydrogen) atoms. The SMILES string of the molecule is O=S(/C=C\c1ccccn1)c1cccnc1. The minimum Gasteiger partial charge on any atom is -0.263 e. The van der Waals surface area contributed by atoms with Crippen molar-refractivity contribution in [1.82, 2.24) is 9.97 Å². The van der Waals surface area contributed by atoms with Gasteiger partial charge in [0.25, 0.3) is 0 Å². The van der Waals surface area contributed by atoms with Crippen molar-refractivity contribution in [3.05, 3.63) is 60.0 Å². The van der Waals surface area contributed by atoms with Crippen LogP contribution in [0.5, 0.6) is 0 Å². The van der Waals surface area contributed by atoms with Crippen molar-refractivity contribution >= 4 is 16.9 Å². The Balaban J connectivity index is 2.12. The fraction of sp³-hybridized carbons (Fsp3) is 0. The van der Waals surface area contributed by atoms with E-state index in [0.29, 0.717) is 4.90 Å². The van der Waals surface area contributed by atoms with E-state index in [4.69, 9.17) is 0 Å². The molecule has 3 nitrogen and oxygen atoms in total. The van der Waals surface area contributed by atoms with Crippen LogP contribution in [0.1, 0.15) is 5.69 Å². The summed E-state index contributed by atoms with van der Waals surface area (Å²) in [5.41, 5.74) is 0.791. The molecular formula is C12H10N2OS. The van der Waals surface area contributed by atoms with Crippen LogP contribution >= 0.6 is 0 Å². The van der Waals surface area contributed by atoms with Crippen molar-refractivity contribution in [3.63, 3.8) is 0 Å². The number of hydrogen-bond donors (Lipinski definition) is 0. The molecular weight excluding hydrogens is 220 g/mol. The van der Waals surface area contributed by atoms with Crippen LogP contribution in [-0.2, 0) is 10.8 Å². The molecule has 0 aliphatic rings. The molecule has 2 aromatic rings. The third kappa shape index (κ3) is 2.84. The summed E-state index contributed by atoms with van der Waals surface area (Å²) in [6, 6.07) is 9.14. The van der Waals surface area contributed by atoms with Gasteiger partial charge in [-0.1, -0.05) is 6.07 Å². The highest BCUT2D eigenvalue weighted by atomic mass is 32.2. The third-order valence-electron chi connectivity index (χ3n) is 1.92. The van der Waals surface area contributed by atoms with Crippen molar-refractivity contribution in [3.8, 4) is 0 Å². The number of pyridine rings is 2. The zero-order valence-corrected chi connectivity index (χ0v) is 9.30. The highest BCUT2D eigenvalue weighted by Crippen LogP contribution is 2.06. The summed E-state index contributed by atoms with van der Waals surface area (Å²) in [7, 11) is -1.17. The van der Waals surface area contributed by atoms with E-state index >= 15 is 0 Å². The molecule has 1 atom stereocenters. The summed E-state index contributed by atoms with van der Waals surface area (Å²) >= 11 is 0. The van der Waals surface area contributed by atoms with Crippen LogP contribution in [0.2, 0.25) is 0 Å². The van der Waals surface area contributed by atoms with Crippen molar-refractivity contribution in [2.45, 2.75) is 4.90 Å². The summed E-state index contributed by atoms with van der Waals surface area (Å²) in [5.74, 6) is 0. The average molecular weight is 230 g/mol. The molecule has 2 rings (SSSR count).